The maximum atomic E-state index is 14.3. The summed E-state index contributed by atoms with van der Waals surface area (Å²) in [5.41, 5.74) is -0.293. The van der Waals surface area contributed by atoms with Crippen LogP contribution >= 0.6 is 0 Å². The molecule has 132 valence electrons. The highest BCUT2D eigenvalue weighted by atomic mass is 19.1. The van der Waals surface area contributed by atoms with Crippen molar-refractivity contribution in [1.29, 1.82) is 5.26 Å². The van der Waals surface area contributed by atoms with Gasteiger partial charge >= 0.3 is 5.97 Å². The summed E-state index contributed by atoms with van der Waals surface area (Å²) in [6.45, 7) is 2.21. The van der Waals surface area contributed by atoms with Crippen LogP contribution in [0.1, 0.15) is 49.4 Å². The molecule has 2 aromatic rings. The van der Waals surface area contributed by atoms with Crippen molar-refractivity contribution >= 4 is 16.9 Å². The molecule has 2 N–H and O–H groups in total. The van der Waals surface area contributed by atoms with Crippen molar-refractivity contribution in [3.63, 3.8) is 0 Å². The number of carbonyl (C=O) groups is 1. The van der Waals surface area contributed by atoms with E-state index in [1.54, 1.807) is 6.07 Å². The number of unbranched alkanes of at least 4 members (excludes halogenated alkanes) is 1. The van der Waals surface area contributed by atoms with E-state index in [2.05, 4.69) is 4.98 Å². The van der Waals surface area contributed by atoms with Crippen LogP contribution in [0.3, 0.4) is 0 Å². The van der Waals surface area contributed by atoms with Crippen LogP contribution in [-0.2, 0) is 21.6 Å². The lowest BCUT2D eigenvalue weighted by Crippen LogP contribution is -2.38. The molecule has 0 saturated heterocycles. The summed E-state index contributed by atoms with van der Waals surface area (Å²) in [5.74, 6) is -2.76. The normalized spacial score (nSPS) is 19.6. The molecule has 0 fully saturated rings. The first-order chi connectivity index (χ1) is 11.9. The van der Waals surface area contributed by atoms with E-state index >= 15 is 0 Å². The minimum absolute atomic E-state index is 0.0275. The summed E-state index contributed by atoms with van der Waals surface area (Å²) in [4.78, 5) is 14.3. The Balaban J connectivity index is 2.30. The summed E-state index contributed by atoms with van der Waals surface area (Å²) in [7, 11) is 0. The minimum atomic E-state index is -1.12. The molecule has 1 unspecified atom stereocenters. The van der Waals surface area contributed by atoms with Gasteiger partial charge < -0.3 is 14.8 Å². The Labute approximate surface area is 143 Å². The molecule has 1 aliphatic rings. The van der Waals surface area contributed by atoms with E-state index in [4.69, 9.17) is 4.74 Å². The molecule has 0 spiro atoms. The molecule has 2 heterocycles. The van der Waals surface area contributed by atoms with E-state index < -0.39 is 23.2 Å². The second-order valence-corrected chi connectivity index (χ2v) is 6.32. The van der Waals surface area contributed by atoms with Crippen molar-refractivity contribution < 1.29 is 23.4 Å². The molecule has 1 aromatic carbocycles. The molecule has 0 bridgehead atoms. The predicted octanol–water partition coefficient (Wildman–Crippen LogP) is 3.75. The average molecular weight is 348 g/mol. The van der Waals surface area contributed by atoms with Gasteiger partial charge in [0.25, 0.3) is 0 Å². The number of hydrogen-bond acceptors (Lipinski definition) is 3. The molecule has 5 nitrogen and oxygen atoms in total. The summed E-state index contributed by atoms with van der Waals surface area (Å²) in [5, 5.41) is 18.8. The van der Waals surface area contributed by atoms with Gasteiger partial charge in [0.1, 0.15) is 23.3 Å². The van der Waals surface area contributed by atoms with Gasteiger partial charge in [0.15, 0.2) is 0 Å². The van der Waals surface area contributed by atoms with Gasteiger partial charge in [0.2, 0.25) is 0 Å². The van der Waals surface area contributed by atoms with Crippen LogP contribution in [0.15, 0.2) is 6.07 Å². The zero-order chi connectivity index (χ0) is 18.2. The monoisotopic (exact) mass is 348 g/mol. The summed E-state index contributed by atoms with van der Waals surface area (Å²) < 4.78 is 34.2. The van der Waals surface area contributed by atoms with Crippen LogP contribution in [-0.4, -0.2) is 22.7 Å². The van der Waals surface area contributed by atoms with Gasteiger partial charge in [-0.1, -0.05) is 19.8 Å². The quantitative estimate of drug-likeness (QED) is 0.861. The number of aliphatic carboxylic acids is 1. The Hall–Kier alpha value is -2.46. The first kappa shape index (κ1) is 17.4. The molecule has 0 saturated carbocycles. The molecule has 25 heavy (non-hydrogen) atoms. The number of hydrogen-bond donors (Lipinski definition) is 2. The van der Waals surface area contributed by atoms with E-state index in [1.165, 1.54) is 0 Å². The maximum Gasteiger partial charge on any atom is 0.306 e. The van der Waals surface area contributed by atoms with Gasteiger partial charge in [-0.25, -0.2) is 8.78 Å². The largest absolute Gasteiger partial charge is 0.481 e. The first-order valence-corrected chi connectivity index (χ1v) is 8.22. The zero-order valence-corrected chi connectivity index (χ0v) is 13.8. The summed E-state index contributed by atoms with van der Waals surface area (Å²) in [6.07, 6.45) is 2.09. The Morgan fingerprint density at radius 1 is 1.48 bits per heavy atom. The standard InChI is InChI=1S/C18H18F2N2O3/c1-2-3-5-18(8-14(23)24)17-10(4-6-25-18)15-11(9-21)12(19)7-13(20)16(15)22-17/h7,22H,2-6,8H2,1H3,(H,23,24). The number of nitrogens with one attached hydrogen (secondary N) is 1. The van der Waals surface area contributed by atoms with Crippen LogP contribution in [0.4, 0.5) is 8.78 Å². The topological polar surface area (TPSA) is 86.1 Å². The molecule has 1 atom stereocenters. The van der Waals surface area contributed by atoms with Crippen molar-refractivity contribution in [1.82, 2.24) is 4.98 Å². The van der Waals surface area contributed by atoms with Crippen molar-refractivity contribution in [2.75, 3.05) is 6.61 Å². The fraction of sp³-hybridized carbons (Fsp3) is 0.444. The van der Waals surface area contributed by atoms with Gasteiger partial charge in [0.05, 0.1) is 29.8 Å². The highest BCUT2D eigenvalue weighted by molar-refractivity contribution is 5.91. The highest BCUT2D eigenvalue weighted by Crippen LogP contribution is 2.44. The van der Waals surface area contributed by atoms with E-state index in [9.17, 15) is 23.9 Å². The third-order valence-electron chi connectivity index (χ3n) is 4.75. The van der Waals surface area contributed by atoms with Crippen LogP contribution in [0.5, 0.6) is 0 Å². The van der Waals surface area contributed by atoms with E-state index in [0.717, 1.165) is 12.8 Å². The second-order valence-electron chi connectivity index (χ2n) is 6.32. The smallest absolute Gasteiger partial charge is 0.306 e. The molecule has 0 radical (unpaired) electrons. The van der Waals surface area contributed by atoms with Gasteiger partial charge in [0, 0.05) is 11.5 Å². The Kier molecular flexibility index (Phi) is 4.48. The third kappa shape index (κ3) is 2.76. The fourth-order valence-electron chi connectivity index (χ4n) is 3.67. The second kappa shape index (κ2) is 6.45. The average Bonchev–Trinajstić information content (AvgIpc) is 2.95. The van der Waals surface area contributed by atoms with E-state index in [0.29, 0.717) is 30.2 Å². The molecule has 1 aromatic heterocycles. The molecular weight excluding hydrogens is 330 g/mol. The molecule has 3 rings (SSSR count). The lowest BCUT2D eigenvalue weighted by Gasteiger charge is -2.36. The molecule has 1 aliphatic heterocycles. The number of carboxylic acids is 1. The van der Waals surface area contributed by atoms with Crippen LogP contribution in [0.2, 0.25) is 0 Å². The molecule has 0 amide bonds. The number of aromatic nitrogens is 1. The third-order valence-corrected chi connectivity index (χ3v) is 4.75. The predicted molar refractivity (Wildman–Crippen MR) is 86.0 cm³/mol. The van der Waals surface area contributed by atoms with Crippen LogP contribution < -0.4 is 0 Å². The van der Waals surface area contributed by atoms with Gasteiger partial charge in [-0.15, -0.1) is 0 Å². The number of halogens is 2. The SMILES string of the molecule is CCCCC1(CC(=O)O)OCCc2c1[nH]c1c(F)cc(F)c(C#N)c21. The lowest BCUT2D eigenvalue weighted by molar-refractivity contribution is -0.149. The van der Waals surface area contributed by atoms with Crippen molar-refractivity contribution in [3.8, 4) is 6.07 Å². The number of benzene rings is 1. The molecule has 0 aliphatic carbocycles. The zero-order valence-electron chi connectivity index (χ0n) is 13.8. The van der Waals surface area contributed by atoms with Crippen LogP contribution in [0.25, 0.3) is 10.9 Å². The Morgan fingerprint density at radius 2 is 2.24 bits per heavy atom. The number of carboxylic acid groups (broad SMARTS) is 1. The Morgan fingerprint density at radius 3 is 2.88 bits per heavy atom. The summed E-state index contributed by atoms with van der Waals surface area (Å²) >= 11 is 0. The first-order valence-electron chi connectivity index (χ1n) is 8.22. The fourth-order valence-corrected chi connectivity index (χ4v) is 3.67. The number of aromatic amines is 1. The van der Waals surface area contributed by atoms with Gasteiger partial charge in [-0.2, -0.15) is 5.26 Å². The summed E-state index contributed by atoms with van der Waals surface area (Å²) in [6, 6.07) is 2.47. The van der Waals surface area contributed by atoms with Crippen molar-refractivity contribution in [2.45, 2.75) is 44.6 Å². The van der Waals surface area contributed by atoms with E-state index in [1.807, 2.05) is 6.92 Å². The minimum Gasteiger partial charge on any atom is -0.481 e. The van der Waals surface area contributed by atoms with E-state index in [-0.39, 0.29) is 29.5 Å². The molecular formula is C18H18F2N2O3. The number of ether oxygens (including phenoxy) is 1. The molecule has 7 heteroatoms. The number of rotatable bonds is 5. The highest BCUT2D eigenvalue weighted by Gasteiger charge is 2.42. The van der Waals surface area contributed by atoms with Crippen molar-refractivity contribution in [2.24, 2.45) is 0 Å². The van der Waals surface area contributed by atoms with Gasteiger partial charge in [-0.3, -0.25) is 4.79 Å². The maximum absolute atomic E-state index is 14.3. The van der Waals surface area contributed by atoms with Crippen molar-refractivity contribution in [3.05, 3.63) is 34.5 Å². The number of fused-ring (bicyclic) bond motifs is 3. The van der Waals surface area contributed by atoms with Gasteiger partial charge in [-0.05, 0) is 18.4 Å². The van der Waals surface area contributed by atoms with Crippen LogP contribution in [0, 0.1) is 23.0 Å². The number of nitriles is 1. The lowest BCUT2D eigenvalue weighted by atomic mass is 9.84. The number of nitrogens with zero attached hydrogens (tertiary/aromatic N) is 1. The number of H-pyrrole nitrogens is 1. The Bertz CT molecular complexity index is 885.